The van der Waals surface area contributed by atoms with E-state index in [1.165, 1.54) is 24.3 Å². The highest BCUT2D eigenvalue weighted by Crippen LogP contribution is 2.38. The van der Waals surface area contributed by atoms with Crippen LogP contribution in [-0.4, -0.2) is 18.7 Å². The molecule has 7 heteroatoms. The lowest BCUT2D eigenvalue weighted by Crippen LogP contribution is -2.25. The minimum atomic E-state index is -1.25. The largest absolute Gasteiger partial charge is 0.491 e. The number of hydrogen-bond donors (Lipinski definition) is 0. The molecule has 36 heavy (non-hydrogen) atoms. The predicted octanol–water partition coefficient (Wildman–Crippen LogP) is 7.75. The Morgan fingerprint density at radius 3 is 2.14 bits per heavy atom. The Kier molecular flexibility index (Phi) is 7.97. The van der Waals surface area contributed by atoms with Crippen molar-refractivity contribution < 1.29 is 31.8 Å². The zero-order valence-electron chi connectivity index (χ0n) is 20.3. The average molecular weight is 501 g/mol. The minimum absolute atomic E-state index is 0.0665. The summed E-state index contributed by atoms with van der Waals surface area (Å²) in [5, 5.41) is 0. The molecular formula is C29H28F4O3. The van der Waals surface area contributed by atoms with Gasteiger partial charge in [0.1, 0.15) is 6.10 Å². The minimum Gasteiger partial charge on any atom is -0.491 e. The number of benzene rings is 3. The second-order valence-corrected chi connectivity index (χ2v) is 8.93. The summed E-state index contributed by atoms with van der Waals surface area (Å²) in [4.78, 5) is 12.6. The molecule has 1 aliphatic carbocycles. The number of ether oxygens (including phenoxy) is 2. The molecule has 1 aliphatic rings. The van der Waals surface area contributed by atoms with E-state index >= 15 is 0 Å². The lowest BCUT2D eigenvalue weighted by Gasteiger charge is -2.29. The maximum Gasteiger partial charge on any atom is 0.341 e. The van der Waals surface area contributed by atoms with Crippen molar-refractivity contribution in [2.24, 2.45) is 0 Å². The van der Waals surface area contributed by atoms with Gasteiger partial charge < -0.3 is 9.47 Å². The van der Waals surface area contributed by atoms with Crippen LogP contribution in [0.25, 0.3) is 11.1 Å². The highest BCUT2D eigenvalue weighted by Gasteiger charge is 2.30. The van der Waals surface area contributed by atoms with Crippen molar-refractivity contribution in [2.75, 3.05) is 6.61 Å². The van der Waals surface area contributed by atoms with Crippen LogP contribution in [0.4, 0.5) is 17.6 Å². The van der Waals surface area contributed by atoms with E-state index in [0.717, 1.165) is 12.0 Å². The summed E-state index contributed by atoms with van der Waals surface area (Å²) in [5.74, 6) is -5.60. The Bertz CT molecular complexity index is 1230. The molecule has 1 fully saturated rings. The van der Waals surface area contributed by atoms with Crippen LogP contribution in [0.2, 0.25) is 0 Å². The first-order valence-electron chi connectivity index (χ1n) is 12.2. The molecule has 0 spiro atoms. The highest BCUT2D eigenvalue weighted by molar-refractivity contribution is 5.90. The summed E-state index contributed by atoms with van der Waals surface area (Å²) in [7, 11) is 0. The fourth-order valence-corrected chi connectivity index (χ4v) is 4.69. The number of halogens is 4. The summed E-state index contributed by atoms with van der Waals surface area (Å²) in [6.07, 6.45) is 2.04. The second-order valence-electron chi connectivity index (χ2n) is 8.93. The Morgan fingerprint density at radius 1 is 0.806 bits per heavy atom. The van der Waals surface area contributed by atoms with Gasteiger partial charge in [0.15, 0.2) is 23.2 Å². The Hall–Kier alpha value is -3.35. The zero-order valence-corrected chi connectivity index (χ0v) is 20.3. The van der Waals surface area contributed by atoms with E-state index in [1.807, 2.05) is 19.1 Å². The van der Waals surface area contributed by atoms with Crippen molar-refractivity contribution in [2.45, 2.75) is 58.0 Å². The van der Waals surface area contributed by atoms with Crippen molar-refractivity contribution in [3.63, 3.8) is 0 Å². The average Bonchev–Trinajstić information content (AvgIpc) is 2.89. The van der Waals surface area contributed by atoms with Crippen LogP contribution in [0, 0.1) is 23.3 Å². The molecule has 0 aromatic heterocycles. The first-order chi connectivity index (χ1) is 17.3. The number of carbonyl (C=O) groups is 1. The summed E-state index contributed by atoms with van der Waals surface area (Å²) < 4.78 is 68.9. The van der Waals surface area contributed by atoms with Gasteiger partial charge in [-0.05, 0) is 73.8 Å². The third-order valence-electron chi connectivity index (χ3n) is 6.74. The number of aryl methyl sites for hydroxylation is 1. The molecule has 0 N–H and O–H groups in total. The van der Waals surface area contributed by atoms with Gasteiger partial charge in [-0.15, -0.1) is 0 Å². The Balaban J connectivity index is 1.41. The Morgan fingerprint density at radius 2 is 1.50 bits per heavy atom. The Labute approximate surface area is 208 Å². The maximum atomic E-state index is 14.8. The molecule has 3 nitrogen and oxygen atoms in total. The maximum absolute atomic E-state index is 14.8. The van der Waals surface area contributed by atoms with E-state index in [1.54, 1.807) is 19.1 Å². The quantitative estimate of drug-likeness (QED) is 0.246. The third-order valence-corrected chi connectivity index (χ3v) is 6.74. The normalized spacial score (nSPS) is 17.6. The third kappa shape index (κ3) is 5.25. The van der Waals surface area contributed by atoms with E-state index in [2.05, 4.69) is 0 Å². The number of carbonyl (C=O) groups excluding carboxylic acids is 1. The van der Waals surface area contributed by atoms with Gasteiger partial charge in [-0.25, -0.2) is 18.0 Å². The molecule has 0 aliphatic heterocycles. The highest BCUT2D eigenvalue weighted by atomic mass is 19.2. The van der Waals surface area contributed by atoms with Gasteiger partial charge in [0.2, 0.25) is 5.82 Å². The van der Waals surface area contributed by atoms with Gasteiger partial charge in [0.25, 0.3) is 0 Å². The number of esters is 1. The molecule has 0 atom stereocenters. The zero-order chi connectivity index (χ0) is 25.8. The number of rotatable bonds is 7. The van der Waals surface area contributed by atoms with E-state index in [-0.39, 0.29) is 29.4 Å². The van der Waals surface area contributed by atoms with E-state index < -0.39 is 40.9 Å². The van der Waals surface area contributed by atoms with Crippen molar-refractivity contribution in [3.05, 3.63) is 88.5 Å². The number of hydrogen-bond acceptors (Lipinski definition) is 3. The van der Waals surface area contributed by atoms with Gasteiger partial charge >= 0.3 is 5.97 Å². The SMILES string of the molecule is CCOc1ccc(C2CCC(OC(=O)c3ccc(-c4ccc(CC)cc4)c(F)c3F)CC2)c(F)c1F. The van der Waals surface area contributed by atoms with Crippen LogP contribution in [0.15, 0.2) is 48.5 Å². The first-order valence-corrected chi connectivity index (χ1v) is 12.2. The molecule has 0 unspecified atom stereocenters. The summed E-state index contributed by atoms with van der Waals surface area (Å²) in [6.45, 7) is 3.92. The van der Waals surface area contributed by atoms with Crippen LogP contribution in [0.1, 0.15) is 66.9 Å². The van der Waals surface area contributed by atoms with Crippen molar-refractivity contribution in [1.82, 2.24) is 0 Å². The monoisotopic (exact) mass is 500 g/mol. The van der Waals surface area contributed by atoms with E-state index in [0.29, 0.717) is 31.2 Å². The second kappa shape index (κ2) is 11.1. The molecule has 0 saturated heterocycles. The van der Waals surface area contributed by atoms with Gasteiger partial charge in [-0.3, -0.25) is 0 Å². The summed E-state index contributed by atoms with van der Waals surface area (Å²) in [6, 6.07) is 12.7. The molecule has 0 bridgehead atoms. The fraction of sp³-hybridized carbons (Fsp3) is 0.345. The van der Waals surface area contributed by atoms with Crippen molar-refractivity contribution >= 4 is 5.97 Å². The van der Waals surface area contributed by atoms with E-state index in [4.69, 9.17) is 9.47 Å². The molecule has 3 aromatic carbocycles. The lowest BCUT2D eigenvalue weighted by atomic mass is 9.82. The topological polar surface area (TPSA) is 35.5 Å². The molecule has 0 radical (unpaired) electrons. The van der Waals surface area contributed by atoms with Gasteiger partial charge in [0.05, 0.1) is 12.2 Å². The van der Waals surface area contributed by atoms with Crippen LogP contribution in [0.3, 0.4) is 0 Å². The van der Waals surface area contributed by atoms with Gasteiger partial charge in [-0.1, -0.05) is 43.3 Å². The van der Waals surface area contributed by atoms with E-state index in [9.17, 15) is 22.4 Å². The summed E-state index contributed by atoms with van der Waals surface area (Å²) >= 11 is 0. The summed E-state index contributed by atoms with van der Waals surface area (Å²) in [5.41, 5.74) is 1.45. The molecule has 4 rings (SSSR count). The van der Waals surface area contributed by atoms with Crippen LogP contribution in [-0.2, 0) is 11.2 Å². The molecule has 0 heterocycles. The van der Waals surface area contributed by atoms with Crippen LogP contribution in [0.5, 0.6) is 5.75 Å². The van der Waals surface area contributed by atoms with Crippen molar-refractivity contribution in [1.29, 1.82) is 0 Å². The molecule has 190 valence electrons. The van der Waals surface area contributed by atoms with Gasteiger partial charge in [0, 0.05) is 5.56 Å². The molecule has 0 amide bonds. The predicted molar refractivity (Wildman–Crippen MR) is 129 cm³/mol. The van der Waals surface area contributed by atoms with Crippen LogP contribution < -0.4 is 4.74 Å². The van der Waals surface area contributed by atoms with Gasteiger partial charge in [-0.2, -0.15) is 4.39 Å². The molecular weight excluding hydrogens is 472 g/mol. The van der Waals surface area contributed by atoms with Crippen LogP contribution >= 0.6 is 0 Å². The molecule has 1 saturated carbocycles. The first kappa shape index (κ1) is 25.7. The fourth-order valence-electron chi connectivity index (χ4n) is 4.69. The molecule has 3 aromatic rings. The lowest BCUT2D eigenvalue weighted by molar-refractivity contribution is 0.0188. The smallest absolute Gasteiger partial charge is 0.341 e. The van der Waals surface area contributed by atoms with Crippen molar-refractivity contribution in [3.8, 4) is 16.9 Å². The standard InChI is InChI=1S/C29H28F4O3/c1-3-17-5-7-18(8-6-17)21-13-14-23(27(32)25(21)30)29(34)36-20-11-9-19(10-12-20)22-15-16-24(35-4-2)28(33)26(22)31/h5-8,13-16,19-20H,3-4,9-12H2,1-2H3.